The minimum absolute atomic E-state index is 0.00495. The van der Waals surface area contributed by atoms with Crippen LogP contribution in [0, 0.1) is 45.3 Å². The number of aliphatic hydroxyl groups excluding tert-OH is 18. The maximum atomic E-state index is 15.5. The number of carbonyl (C=O) groups excluding carboxylic acids is 1. The highest BCUT2D eigenvalue weighted by Crippen LogP contribution is 2.74. The normalized spacial score (nSPS) is 50.6. The summed E-state index contributed by atoms with van der Waals surface area (Å²) in [5, 5.41) is 205. The van der Waals surface area contributed by atoms with E-state index in [9.17, 15) is 97.0 Å². The predicted octanol–water partition coefficient (Wildman–Crippen LogP) is -5.32. The largest absolute Gasteiger partial charge is 0.394 e. The Morgan fingerprint density at radius 1 is 0.520 bits per heavy atom. The van der Waals surface area contributed by atoms with E-state index >= 15 is 4.79 Å². The fourth-order valence-electron chi connectivity index (χ4n) is 18.1. The van der Waals surface area contributed by atoms with Gasteiger partial charge in [0.25, 0.3) is 0 Å². The Morgan fingerprint density at radius 2 is 1.00 bits per heavy atom. The maximum absolute atomic E-state index is 15.5. The molecule has 19 N–H and O–H groups in total. The van der Waals surface area contributed by atoms with E-state index in [2.05, 4.69) is 33.8 Å². The number of allylic oxidation sites excluding steroid dienone is 1. The van der Waals surface area contributed by atoms with Gasteiger partial charge in [-0.05, 0) is 93.3 Å². The minimum atomic E-state index is -1.91. The first-order valence-electron chi connectivity index (χ1n) is 34.7. The molecule has 0 spiro atoms. The molecule has 0 bridgehead atoms. The summed E-state index contributed by atoms with van der Waals surface area (Å²) in [6, 6.07) is 0. The quantitative estimate of drug-likeness (QED) is 0.0425. The van der Waals surface area contributed by atoms with Crippen LogP contribution < -0.4 is 0 Å². The van der Waals surface area contributed by atoms with Crippen LogP contribution in [0.15, 0.2) is 11.6 Å². The molecule has 6 heterocycles. The second-order valence-electron chi connectivity index (χ2n) is 31.1. The van der Waals surface area contributed by atoms with E-state index < -0.39 is 246 Å². The van der Waals surface area contributed by atoms with Gasteiger partial charge in [0.2, 0.25) is 0 Å². The summed E-state index contributed by atoms with van der Waals surface area (Å²) in [6.07, 6.45) is -40.5. The SMILES string of the molecule is C[C@H](CC[C@@H](O[C@@H]1O[C@H](CO[C@@H]2O[C@H](CO)[C@@H](O)[C@H](O)[C@H]2O)[C@@H](O)[C@H](O)[C@H]1O[C@@H]1O[C@H](CO)C[C@H](O)[C@H]1O)C(C)(C)O)[C@H]1CC[C@@]2(C)[C@@H]3CC=C4[C@@H](CC[C@H](O[C@@H]5O[C@H](CO[C@@H]6O[C@H](CO)[C@@H](O[C@H]7O[C@H](CO)C[C@H](O)[C@H]7O)[C@H](O)[C@H]6O)[C@@H](O)[C@H](O)[C@H]5O)C4(C)C)[C@]3(C)C(=O)C[C@]12C. The highest BCUT2D eigenvalue weighted by Gasteiger charge is 2.71. The number of hydrogen-bond donors (Lipinski definition) is 19. The zero-order valence-electron chi connectivity index (χ0n) is 56.8. The molecular formula is C66H110O32. The number of rotatable bonds is 23. The van der Waals surface area contributed by atoms with Crippen LogP contribution in [-0.4, -0.2) is 332 Å². The van der Waals surface area contributed by atoms with Gasteiger partial charge in [0.05, 0.1) is 81.9 Å². The van der Waals surface area contributed by atoms with Gasteiger partial charge in [0, 0.05) is 30.1 Å². The zero-order chi connectivity index (χ0) is 71.8. The fourth-order valence-corrected chi connectivity index (χ4v) is 18.1. The van der Waals surface area contributed by atoms with Crippen molar-refractivity contribution in [2.75, 3.05) is 39.6 Å². The first-order valence-corrected chi connectivity index (χ1v) is 34.7. The molecule has 6 saturated heterocycles. The Morgan fingerprint density at radius 3 is 1.55 bits per heavy atom. The molecule has 0 aromatic heterocycles. The van der Waals surface area contributed by atoms with Crippen LogP contribution in [0.25, 0.3) is 0 Å². The predicted molar refractivity (Wildman–Crippen MR) is 329 cm³/mol. The topological polar surface area (TPSA) is 512 Å². The Hall–Kier alpha value is -1.83. The van der Waals surface area contributed by atoms with Gasteiger partial charge in [0.15, 0.2) is 37.7 Å². The molecule has 0 radical (unpaired) electrons. The lowest BCUT2D eigenvalue weighted by molar-refractivity contribution is -0.374. The third kappa shape index (κ3) is 14.8. The van der Waals surface area contributed by atoms with Gasteiger partial charge in [0.1, 0.15) is 116 Å². The molecule has 0 unspecified atom stereocenters. The number of aliphatic hydroxyl groups is 19. The van der Waals surface area contributed by atoms with Crippen LogP contribution in [0.5, 0.6) is 0 Å². The third-order valence-electron chi connectivity index (χ3n) is 24.4. The molecule has 10 aliphatic rings. The third-order valence-corrected chi connectivity index (χ3v) is 24.4. The van der Waals surface area contributed by atoms with Gasteiger partial charge in [-0.3, -0.25) is 4.79 Å². The molecule has 3 saturated carbocycles. The van der Waals surface area contributed by atoms with Gasteiger partial charge >= 0.3 is 0 Å². The van der Waals surface area contributed by atoms with Crippen LogP contribution in [0.1, 0.15) is 120 Å². The van der Waals surface area contributed by atoms with Crippen LogP contribution in [-0.2, 0) is 61.6 Å². The lowest BCUT2D eigenvalue weighted by Gasteiger charge is -2.65. The Balaban J connectivity index is 0.794. The van der Waals surface area contributed by atoms with Gasteiger partial charge < -0.3 is 154 Å². The van der Waals surface area contributed by atoms with E-state index in [1.54, 1.807) is 0 Å². The zero-order valence-corrected chi connectivity index (χ0v) is 56.8. The second kappa shape index (κ2) is 30.9. The Bertz CT molecular complexity index is 2650. The van der Waals surface area contributed by atoms with Crippen molar-refractivity contribution in [2.45, 2.75) is 309 Å². The lowest BCUT2D eigenvalue weighted by Crippen LogP contribution is -2.64. The molecule has 0 aromatic rings. The summed E-state index contributed by atoms with van der Waals surface area (Å²) in [7, 11) is 0. The number of Topliss-reactive ketones (excluding diaryl/α,β-unsaturated/α-hetero) is 1. The summed E-state index contributed by atoms with van der Waals surface area (Å²) < 4.78 is 71.4. The van der Waals surface area contributed by atoms with E-state index in [1.807, 2.05) is 13.8 Å². The van der Waals surface area contributed by atoms with Gasteiger partial charge in [-0.2, -0.15) is 0 Å². The second-order valence-corrected chi connectivity index (χ2v) is 31.1. The summed E-state index contributed by atoms with van der Waals surface area (Å²) >= 11 is 0. The molecule has 37 atom stereocenters. The van der Waals surface area contributed by atoms with E-state index in [4.69, 9.17) is 56.8 Å². The van der Waals surface area contributed by atoms with Crippen molar-refractivity contribution in [2.24, 2.45) is 45.3 Å². The number of fused-ring (bicyclic) bond motifs is 5. The average molecular weight is 1420 g/mol. The monoisotopic (exact) mass is 1410 g/mol. The standard InChI is InChI=1S/C66H110O32/c1-26(9-13-41(63(4,5)86)96-61-55(98-59-43(75)33(72)18-28(21-68)90-59)49(81)46(78)37(94-61)25-87-56-51(83)47(79)44(76)34(22-69)91-56)29-15-16-64(6)38-12-10-30-31(66(38,8)39(73)19-65(29,64)7)11-14-40(62(30,2)3)95-60-52(84)48(80)45(77)36(93-60)24-88-57-53(85)50(82)54(35(23-70)92-57)97-58-42(74)32(71)17-27(20-67)89-58/h10,26-29,31-38,40-61,67-72,74-86H,9,11-25H2,1-8H3/t26-,27+,28+,29-,31-,32+,33+,34-,35-,36-,37-,38+,40+,41-,42-,43-,44-,45-,46-,47+,48+,49+,50-,51-,52-,53-,54-,55-,56-,57-,58-,59+,60+,61+,64+,65-,66+/m1/s1. The molecule has 98 heavy (non-hydrogen) atoms. The first-order chi connectivity index (χ1) is 46.0. The van der Waals surface area contributed by atoms with Gasteiger partial charge in [-0.25, -0.2) is 0 Å². The van der Waals surface area contributed by atoms with Crippen molar-refractivity contribution in [3.05, 3.63) is 11.6 Å². The molecule has 32 nitrogen and oxygen atoms in total. The molecule has 6 aliphatic heterocycles. The van der Waals surface area contributed by atoms with Crippen molar-refractivity contribution in [1.82, 2.24) is 0 Å². The number of ether oxygens (including phenoxy) is 12. The van der Waals surface area contributed by atoms with Crippen molar-refractivity contribution >= 4 is 5.78 Å². The van der Waals surface area contributed by atoms with Crippen molar-refractivity contribution in [3.63, 3.8) is 0 Å². The highest BCUT2D eigenvalue weighted by atomic mass is 16.8. The number of hydrogen-bond acceptors (Lipinski definition) is 32. The summed E-state index contributed by atoms with van der Waals surface area (Å²) in [4.78, 5) is 15.5. The number of ketones is 1. The van der Waals surface area contributed by atoms with Crippen LogP contribution in [0.2, 0.25) is 0 Å². The van der Waals surface area contributed by atoms with Gasteiger partial charge in [-0.1, -0.05) is 53.2 Å². The molecular weight excluding hydrogens is 1300 g/mol. The van der Waals surface area contributed by atoms with E-state index in [0.29, 0.717) is 25.7 Å². The van der Waals surface area contributed by atoms with Crippen LogP contribution in [0.4, 0.5) is 0 Å². The molecule has 10 rings (SSSR count). The van der Waals surface area contributed by atoms with E-state index in [-0.39, 0.29) is 60.6 Å². The van der Waals surface area contributed by atoms with Crippen LogP contribution in [0.3, 0.4) is 0 Å². The molecule has 566 valence electrons. The smallest absolute Gasteiger partial charge is 0.187 e. The minimum Gasteiger partial charge on any atom is -0.394 e. The molecule has 0 aromatic carbocycles. The first kappa shape index (κ1) is 78.8. The molecule has 9 fully saturated rings. The summed E-state index contributed by atoms with van der Waals surface area (Å²) in [5.74, 6) is -0.219. The molecule has 4 aliphatic carbocycles. The maximum Gasteiger partial charge on any atom is 0.187 e. The highest BCUT2D eigenvalue weighted by molar-refractivity contribution is 5.88. The summed E-state index contributed by atoms with van der Waals surface area (Å²) in [5.41, 5.74) is -3.03. The average Bonchev–Trinajstić information content (AvgIpc) is 1.32. The van der Waals surface area contributed by atoms with Crippen LogP contribution >= 0.6 is 0 Å². The molecule has 0 amide bonds. The summed E-state index contributed by atoms with van der Waals surface area (Å²) in [6.45, 7) is 11.9. The number of carbonyl (C=O) groups is 1. The van der Waals surface area contributed by atoms with Crippen molar-refractivity contribution in [3.8, 4) is 0 Å². The van der Waals surface area contributed by atoms with E-state index in [1.165, 1.54) is 13.8 Å². The van der Waals surface area contributed by atoms with Crippen molar-refractivity contribution in [1.29, 1.82) is 0 Å². The Labute approximate surface area is 568 Å². The van der Waals surface area contributed by atoms with E-state index in [0.717, 1.165) is 18.4 Å². The Kier molecular flexibility index (Phi) is 24.9. The fraction of sp³-hybridized carbons (Fsp3) is 0.955. The lowest BCUT2D eigenvalue weighted by atomic mass is 9.38. The van der Waals surface area contributed by atoms with Crippen molar-refractivity contribution < 1.29 is 159 Å². The van der Waals surface area contributed by atoms with Gasteiger partial charge in [-0.15, -0.1) is 0 Å². The molecule has 32 heteroatoms.